The summed E-state index contributed by atoms with van der Waals surface area (Å²) in [6.45, 7) is 4.75. The molecule has 0 saturated heterocycles. The summed E-state index contributed by atoms with van der Waals surface area (Å²) in [5.74, 6) is 5.47. The predicted octanol–water partition coefficient (Wildman–Crippen LogP) is 1.94. The Kier molecular flexibility index (Phi) is 5.86. The number of aryl methyl sites for hydroxylation is 1. The van der Waals surface area contributed by atoms with Crippen LogP contribution in [0.25, 0.3) is 0 Å². The maximum absolute atomic E-state index is 5.52. The lowest BCUT2D eigenvalue weighted by atomic mass is 10.1. The molecule has 0 aliphatic rings. The number of ether oxygens (including phenoxy) is 1. The molecular weight excluding hydrogens is 208 g/mol. The quantitative estimate of drug-likeness (QED) is 0.554. The van der Waals surface area contributed by atoms with Crippen molar-refractivity contribution in [2.75, 3.05) is 6.61 Å². The molecule has 0 amide bonds. The van der Waals surface area contributed by atoms with Crippen LogP contribution < -0.4 is 11.3 Å². The monoisotopic (exact) mass is 228 g/mol. The Morgan fingerprint density at radius 3 is 2.87 bits per heavy atom. The first-order chi connectivity index (χ1) is 7.22. The first-order valence-corrected chi connectivity index (χ1v) is 6.25. The molecule has 1 aromatic rings. The summed E-state index contributed by atoms with van der Waals surface area (Å²) in [5, 5.41) is 4.28. The van der Waals surface area contributed by atoms with E-state index >= 15 is 0 Å². The van der Waals surface area contributed by atoms with Gasteiger partial charge in [0.15, 0.2) is 0 Å². The minimum Gasteiger partial charge on any atom is -0.377 e. The summed E-state index contributed by atoms with van der Waals surface area (Å²) in [5.41, 5.74) is 4.18. The van der Waals surface area contributed by atoms with Gasteiger partial charge in [-0.05, 0) is 49.1 Å². The molecular formula is C11H20N2OS. The Morgan fingerprint density at radius 1 is 1.53 bits per heavy atom. The fourth-order valence-corrected chi connectivity index (χ4v) is 2.00. The Labute approximate surface area is 95.6 Å². The number of rotatable bonds is 7. The van der Waals surface area contributed by atoms with Crippen molar-refractivity contribution in [2.24, 2.45) is 5.84 Å². The van der Waals surface area contributed by atoms with Gasteiger partial charge in [-0.2, -0.15) is 11.3 Å². The minimum atomic E-state index is 0.243. The third-order valence-corrected chi connectivity index (χ3v) is 2.96. The largest absolute Gasteiger partial charge is 0.377 e. The molecule has 15 heavy (non-hydrogen) atoms. The molecule has 0 spiro atoms. The zero-order valence-corrected chi connectivity index (χ0v) is 10.2. The van der Waals surface area contributed by atoms with Crippen LogP contribution in [0.3, 0.4) is 0 Å². The first-order valence-electron chi connectivity index (χ1n) is 5.31. The van der Waals surface area contributed by atoms with Gasteiger partial charge in [0, 0.05) is 6.04 Å². The minimum absolute atomic E-state index is 0.243. The second kappa shape index (κ2) is 6.95. The highest BCUT2D eigenvalue weighted by molar-refractivity contribution is 7.07. The van der Waals surface area contributed by atoms with Gasteiger partial charge in [0.1, 0.15) is 0 Å². The fraction of sp³-hybridized carbons (Fsp3) is 0.636. The molecule has 0 radical (unpaired) electrons. The van der Waals surface area contributed by atoms with Crippen LogP contribution in [-0.2, 0) is 11.2 Å². The van der Waals surface area contributed by atoms with Crippen LogP contribution in [0.15, 0.2) is 16.8 Å². The Hall–Kier alpha value is -0.420. The molecule has 0 aliphatic heterocycles. The molecule has 0 aromatic carbocycles. The molecule has 86 valence electrons. The number of nitrogens with two attached hydrogens (primary N) is 1. The maximum Gasteiger partial charge on any atom is 0.0636 e. The van der Waals surface area contributed by atoms with Crippen LogP contribution in [-0.4, -0.2) is 18.8 Å². The molecule has 1 atom stereocenters. The average Bonchev–Trinajstić information content (AvgIpc) is 2.70. The van der Waals surface area contributed by atoms with Crippen LogP contribution in [0.4, 0.5) is 0 Å². The van der Waals surface area contributed by atoms with Gasteiger partial charge in [-0.15, -0.1) is 0 Å². The Bertz CT molecular complexity index is 249. The van der Waals surface area contributed by atoms with Crippen molar-refractivity contribution in [1.29, 1.82) is 0 Å². The Balaban J connectivity index is 2.22. The van der Waals surface area contributed by atoms with Gasteiger partial charge in [0.05, 0.1) is 12.7 Å². The van der Waals surface area contributed by atoms with Crippen molar-refractivity contribution < 1.29 is 4.74 Å². The number of thiophene rings is 1. The normalized spacial score (nSPS) is 13.3. The molecule has 1 heterocycles. The third-order valence-electron chi connectivity index (χ3n) is 2.23. The summed E-state index contributed by atoms with van der Waals surface area (Å²) in [4.78, 5) is 0. The molecule has 0 saturated carbocycles. The van der Waals surface area contributed by atoms with E-state index in [0.29, 0.717) is 6.61 Å². The zero-order chi connectivity index (χ0) is 11.1. The standard InChI is InChI=1S/C11H20N2OS/c1-9(2)14-7-11(13-12)4-3-10-5-6-15-8-10/h5-6,8-9,11,13H,3-4,7,12H2,1-2H3. The lowest BCUT2D eigenvalue weighted by Gasteiger charge is -2.17. The van der Waals surface area contributed by atoms with Gasteiger partial charge in [-0.25, -0.2) is 0 Å². The van der Waals surface area contributed by atoms with E-state index in [1.54, 1.807) is 11.3 Å². The van der Waals surface area contributed by atoms with Crippen molar-refractivity contribution in [3.05, 3.63) is 22.4 Å². The molecule has 0 aliphatic carbocycles. The summed E-state index contributed by atoms with van der Waals surface area (Å²) in [6, 6.07) is 2.40. The number of hydrogen-bond acceptors (Lipinski definition) is 4. The molecule has 3 nitrogen and oxygen atoms in total. The molecule has 0 fully saturated rings. The highest BCUT2D eigenvalue weighted by Gasteiger charge is 2.08. The van der Waals surface area contributed by atoms with Crippen LogP contribution in [0.1, 0.15) is 25.8 Å². The second-order valence-corrected chi connectivity index (χ2v) is 4.70. The smallest absolute Gasteiger partial charge is 0.0636 e. The highest BCUT2D eigenvalue weighted by atomic mass is 32.1. The van der Waals surface area contributed by atoms with E-state index in [0.717, 1.165) is 12.8 Å². The van der Waals surface area contributed by atoms with Crippen LogP contribution >= 0.6 is 11.3 Å². The predicted molar refractivity (Wildman–Crippen MR) is 64.8 cm³/mol. The lowest BCUT2D eigenvalue weighted by Crippen LogP contribution is -2.39. The fourth-order valence-electron chi connectivity index (χ4n) is 1.30. The topological polar surface area (TPSA) is 47.3 Å². The van der Waals surface area contributed by atoms with Gasteiger partial charge < -0.3 is 4.74 Å². The SMILES string of the molecule is CC(C)OCC(CCc1ccsc1)NN. The van der Waals surface area contributed by atoms with E-state index in [1.165, 1.54) is 5.56 Å². The highest BCUT2D eigenvalue weighted by Crippen LogP contribution is 2.10. The Morgan fingerprint density at radius 2 is 2.33 bits per heavy atom. The summed E-state index contributed by atoms with van der Waals surface area (Å²) in [7, 11) is 0. The van der Waals surface area contributed by atoms with E-state index in [1.807, 2.05) is 13.8 Å². The summed E-state index contributed by atoms with van der Waals surface area (Å²) in [6.07, 6.45) is 2.33. The van der Waals surface area contributed by atoms with E-state index in [9.17, 15) is 0 Å². The number of hydrogen-bond donors (Lipinski definition) is 2. The molecule has 0 bridgehead atoms. The second-order valence-electron chi connectivity index (χ2n) is 3.92. The zero-order valence-electron chi connectivity index (χ0n) is 9.40. The van der Waals surface area contributed by atoms with Crippen molar-refractivity contribution in [3.63, 3.8) is 0 Å². The molecule has 3 N–H and O–H groups in total. The van der Waals surface area contributed by atoms with Crippen LogP contribution in [0.2, 0.25) is 0 Å². The molecule has 4 heteroatoms. The third kappa shape index (κ3) is 5.28. The van der Waals surface area contributed by atoms with E-state index < -0.39 is 0 Å². The summed E-state index contributed by atoms with van der Waals surface area (Å²) >= 11 is 1.73. The van der Waals surface area contributed by atoms with Gasteiger partial charge in [-0.1, -0.05) is 0 Å². The summed E-state index contributed by atoms with van der Waals surface area (Å²) < 4.78 is 5.52. The van der Waals surface area contributed by atoms with E-state index in [2.05, 4.69) is 22.3 Å². The van der Waals surface area contributed by atoms with Crippen molar-refractivity contribution in [1.82, 2.24) is 5.43 Å². The van der Waals surface area contributed by atoms with Crippen molar-refractivity contribution >= 4 is 11.3 Å². The molecule has 1 aromatic heterocycles. The van der Waals surface area contributed by atoms with E-state index in [4.69, 9.17) is 10.6 Å². The van der Waals surface area contributed by atoms with Crippen molar-refractivity contribution in [2.45, 2.75) is 38.8 Å². The lowest BCUT2D eigenvalue weighted by molar-refractivity contribution is 0.0596. The van der Waals surface area contributed by atoms with Gasteiger partial charge in [0.25, 0.3) is 0 Å². The van der Waals surface area contributed by atoms with Crippen molar-refractivity contribution in [3.8, 4) is 0 Å². The molecule has 1 unspecified atom stereocenters. The van der Waals surface area contributed by atoms with Crippen LogP contribution in [0.5, 0.6) is 0 Å². The van der Waals surface area contributed by atoms with Gasteiger partial charge in [-0.3, -0.25) is 11.3 Å². The maximum atomic E-state index is 5.52. The van der Waals surface area contributed by atoms with Gasteiger partial charge in [0.2, 0.25) is 0 Å². The van der Waals surface area contributed by atoms with E-state index in [-0.39, 0.29) is 12.1 Å². The molecule has 1 rings (SSSR count). The number of hydrazine groups is 1. The van der Waals surface area contributed by atoms with Gasteiger partial charge >= 0.3 is 0 Å². The van der Waals surface area contributed by atoms with Crippen LogP contribution in [0, 0.1) is 0 Å². The average molecular weight is 228 g/mol. The first kappa shape index (κ1) is 12.6. The number of nitrogens with one attached hydrogen (secondary N) is 1.